The molecule has 2 amide bonds. The summed E-state index contributed by atoms with van der Waals surface area (Å²) in [4.78, 5) is 37.1. The standard InChI is InChI=1S/C30H42N6O2S/c1-21(2)12-13-36-23(5)25(18-27(36)26-20-39-30(32-26)31-22(3)4)29(38)35-16-14-34(15-17-35)19-28(37)33(6)24-10-8-7-9-11-24/h7-11,18,20-22H,12-17,19H2,1-6H3,(H,31,32). The molecule has 0 spiro atoms. The first kappa shape index (κ1) is 28.8. The highest BCUT2D eigenvalue weighted by atomic mass is 32.1. The number of carbonyl (C=O) groups is 2. The van der Waals surface area contributed by atoms with Crippen molar-refractivity contribution in [3.05, 3.63) is 53.0 Å². The molecule has 39 heavy (non-hydrogen) atoms. The van der Waals surface area contributed by atoms with Crippen LogP contribution in [0, 0.1) is 12.8 Å². The van der Waals surface area contributed by atoms with Crippen LogP contribution < -0.4 is 10.2 Å². The lowest BCUT2D eigenvalue weighted by Gasteiger charge is -2.35. The van der Waals surface area contributed by atoms with Crippen LogP contribution >= 0.6 is 11.3 Å². The SMILES string of the molecule is Cc1c(C(=O)N2CCN(CC(=O)N(C)c3ccccc3)CC2)cc(-c2csc(NC(C)C)n2)n1CCC(C)C. The number of rotatable bonds is 10. The molecule has 2 aromatic heterocycles. The Morgan fingerprint density at radius 3 is 2.41 bits per heavy atom. The molecular formula is C30H42N6O2S. The molecule has 1 fully saturated rings. The normalized spacial score (nSPS) is 14.3. The third kappa shape index (κ3) is 7.08. The van der Waals surface area contributed by atoms with Gasteiger partial charge in [0, 0.05) is 62.6 Å². The Morgan fingerprint density at radius 1 is 1.08 bits per heavy atom. The average molecular weight is 551 g/mol. The van der Waals surface area contributed by atoms with E-state index < -0.39 is 0 Å². The molecule has 0 atom stereocenters. The van der Waals surface area contributed by atoms with Gasteiger partial charge in [-0.15, -0.1) is 11.3 Å². The van der Waals surface area contributed by atoms with Crippen LogP contribution in [-0.2, 0) is 11.3 Å². The van der Waals surface area contributed by atoms with E-state index in [1.54, 1.807) is 16.2 Å². The van der Waals surface area contributed by atoms with Crippen LogP contribution in [-0.4, -0.2) is 77.0 Å². The summed E-state index contributed by atoms with van der Waals surface area (Å²) in [5.74, 6) is 0.669. The second kappa shape index (κ2) is 12.8. The predicted molar refractivity (Wildman–Crippen MR) is 161 cm³/mol. The highest BCUT2D eigenvalue weighted by Gasteiger charge is 2.28. The van der Waals surface area contributed by atoms with E-state index in [4.69, 9.17) is 4.98 Å². The Labute approximate surface area is 236 Å². The number of thiazole rings is 1. The fraction of sp³-hybridized carbons (Fsp3) is 0.500. The first-order valence-corrected chi connectivity index (χ1v) is 14.8. The Kier molecular flexibility index (Phi) is 9.45. The third-order valence-corrected chi connectivity index (χ3v) is 8.02. The van der Waals surface area contributed by atoms with Crippen molar-refractivity contribution in [2.45, 2.75) is 53.6 Å². The molecule has 1 aliphatic heterocycles. The number of aromatic nitrogens is 2. The minimum Gasteiger partial charge on any atom is -0.359 e. The number of piperazine rings is 1. The van der Waals surface area contributed by atoms with E-state index in [1.165, 1.54) is 0 Å². The summed E-state index contributed by atoms with van der Waals surface area (Å²) in [7, 11) is 1.81. The molecule has 1 aromatic carbocycles. The summed E-state index contributed by atoms with van der Waals surface area (Å²) in [5, 5.41) is 6.35. The van der Waals surface area contributed by atoms with E-state index in [2.05, 4.69) is 47.9 Å². The van der Waals surface area contributed by atoms with Gasteiger partial charge in [-0.2, -0.15) is 0 Å². The van der Waals surface area contributed by atoms with Gasteiger partial charge in [0.15, 0.2) is 5.13 Å². The van der Waals surface area contributed by atoms with Crippen molar-refractivity contribution in [2.24, 2.45) is 5.92 Å². The summed E-state index contributed by atoms with van der Waals surface area (Å²) >= 11 is 1.60. The van der Waals surface area contributed by atoms with Crippen LogP contribution in [0.3, 0.4) is 0 Å². The van der Waals surface area contributed by atoms with Crippen molar-refractivity contribution in [3.8, 4) is 11.4 Å². The second-order valence-corrected chi connectivity index (χ2v) is 11.9. The summed E-state index contributed by atoms with van der Waals surface area (Å²) in [5.41, 5.74) is 4.52. The lowest BCUT2D eigenvalue weighted by molar-refractivity contribution is -0.119. The fourth-order valence-corrected chi connectivity index (χ4v) is 5.68. The molecule has 3 heterocycles. The van der Waals surface area contributed by atoms with Crippen molar-refractivity contribution in [1.82, 2.24) is 19.4 Å². The number of nitrogens with one attached hydrogen (secondary N) is 1. The zero-order chi connectivity index (χ0) is 28.1. The van der Waals surface area contributed by atoms with Gasteiger partial charge in [-0.3, -0.25) is 14.5 Å². The molecule has 0 aliphatic carbocycles. The molecule has 4 rings (SSSR count). The molecule has 3 aromatic rings. The van der Waals surface area contributed by atoms with Gasteiger partial charge < -0.3 is 19.7 Å². The third-order valence-electron chi connectivity index (χ3n) is 7.24. The summed E-state index contributed by atoms with van der Waals surface area (Å²) in [6.07, 6.45) is 1.03. The topological polar surface area (TPSA) is 73.7 Å². The van der Waals surface area contributed by atoms with Gasteiger partial charge in [0.25, 0.3) is 5.91 Å². The molecule has 9 heteroatoms. The largest absolute Gasteiger partial charge is 0.359 e. The number of carbonyl (C=O) groups excluding carboxylic acids is 2. The quantitative estimate of drug-likeness (QED) is 0.375. The van der Waals surface area contributed by atoms with E-state index in [0.717, 1.165) is 46.4 Å². The maximum absolute atomic E-state index is 13.7. The minimum atomic E-state index is 0.0540. The number of amides is 2. The van der Waals surface area contributed by atoms with Crippen molar-refractivity contribution < 1.29 is 9.59 Å². The summed E-state index contributed by atoms with van der Waals surface area (Å²) < 4.78 is 2.26. The molecule has 8 nitrogen and oxygen atoms in total. The Hall–Kier alpha value is -3.17. The lowest BCUT2D eigenvalue weighted by Crippen LogP contribution is -2.51. The van der Waals surface area contributed by atoms with Crippen molar-refractivity contribution >= 4 is 34.0 Å². The zero-order valence-corrected chi connectivity index (χ0v) is 24.9. The lowest BCUT2D eigenvalue weighted by atomic mass is 10.1. The predicted octanol–water partition coefficient (Wildman–Crippen LogP) is 5.21. The van der Waals surface area contributed by atoms with Gasteiger partial charge in [-0.05, 0) is 51.3 Å². The second-order valence-electron chi connectivity index (χ2n) is 11.1. The maximum Gasteiger partial charge on any atom is 0.255 e. The van der Waals surface area contributed by atoms with E-state index in [1.807, 2.05) is 55.3 Å². The Bertz CT molecular complexity index is 1260. The van der Waals surface area contributed by atoms with Gasteiger partial charge in [-0.25, -0.2) is 4.98 Å². The number of hydrogen-bond acceptors (Lipinski definition) is 6. The number of nitrogens with zero attached hydrogens (tertiary/aromatic N) is 5. The minimum absolute atomic E-state index is 0.0540. The van der Waals surface area contributed by atoms with E-state index in [-0.39, 0.29) is 11.8 Å². The molecule has 0 radical (unpaired) electrons. The van der Waals surface area contributed by atoms with Gasteiger partial charge >= 0.3 is 0 Å². The molecular weight excluding hydrogens is 508 g/mol. The molecule has 0 unspecified atom stereocenters. The van der Waals surface area contributed by atoms with Crippen LogP contribution in [0.1, 0.15) is 50.2 Å². The Morgan fingerprint density at radius 2 is 1.77 bits per heavy atom. The smallest absolute Gasteiger partial charge is 0.255 e. The molecule has 210 valence electrons. The van der Waals surface area contributed by atoms with Gasteiger partial charge in [0.05, 0.1) is 23.5 Å². The number of anilines is 2. The van der Waals surface area contributed by atoms with Crippen molar-refractivity contribution in [3.63, 3.8) is 0 Å². The molecule has 1 aliphatic rings. The van der Waals surface area contributed by atoms with Gasteiger partial charge in [0.2, 0.25) is 5.91 Å². The first-order chi connectivity index (χ1) is 18.6. The number of likely N-dealkylation sites (N-methyl/N-ethyl adjacent to an activating group) is 1. The van der Waals surface area contributed by atoms with Crippen LogP contribution in [0.5, 0.6) is 0 Å². The number of para-hydroxylation sites is 1. The van der Waals surface area contributed by atoms with Gasteiger partial charge in [0.1, 0.15) is 0 Å². The van der Waals surface area contributed by atoms with Crippen LogP contribution in [0.15, 0.2) is 41.8 Å². The van der Waals surface area contributed by atoms with E-state index in [0.29, 0.717) is 44.7 Å². The molecule has 0 saturated carbocycles. The van der Waals surface area contributed by atoms with E-state index >= 15 is 0 Å². The number of hydrogen-bond donors (Lipinski definition) is 1. The van der Waals surface area contributed by atoms with Crippen LogP contribution in [0.4, 0.5) is 10.8 Å². The summed E-state index contributed by atoms with van der Waals surface area (Å²) in [6.45, 7) is 14.4. The maximum atomic E-state index is 13.7. The first-order valence-electron chi connectivity index (χ1n) is 13.9. The zero-order valence-electron chi connectivity index (χ0n) is 24.1. The van der Waals surface area contributed by atoms with E-state index in [9.17, 15) is 9.59 Å². The fourth-order valence-electron chi connectivity index (χ4n) is 4.83. The van der Waals surface area contributed by atoms with Gasteiger partial charge in [-0.1, -0.05) is 32.0 Å². The Balaban J connectivity index is 1.45. The molecule has 1 N–H and O–H groups in total. The highest BCUT2D eigenvalue weighted by Crippen LogP contribution is 2.31. The van der Waals surface area contributed by atoms with Crippen LogP contribution in [0.2, 0.25) is 0 Å². The van der Waals surface area contributed by atoms with Crippen molar-refractivity contribution in [2.75, 3.05) is 50.0 Å². The highest BCUT2D eigenvalue weighted by molar-refractivity contribution is 7.14. The molecule has 0 bridgehead atoms. The monoisotopic (exact) mass is 550 g/mol. The average Bonchev–Trinajstić information content (AvgIpc) is 3.50. The summed E-state index contributed by atoms with van der Waals surface area (Å²) in [6, 6.07) is 12.0. The van der Waals surface area contributed by atoms with Crippen LogP contribution in [0.25, 0.3) is 11.4 Å². The molecule has 1 saturated heterocycles. The number of benzene rings is 1. The van der Waals surface area contributed by atoms with Crippen molar-refractivity contribution in [1.29, 1.82) is 0 Å².